The molecular weight excluding hydrogens is 246 g/mol. The molecular formula is C17H21N3. The highest BCUT2D eigenvalue weighted by Gasteiger charge is 2.01. The summed E-state index contributed by atoms with van der Waals surface area (Å²) in [5.41, 5.74) is 3.38. The molecule has 2 aromatic carbocycles. The van der Waals surface area contributed by atoms with E-state index in [1.54, 1.807) is 0 Å². The predicted molar refractivity (Wildman–Crippen MR) is 82.8 cm³/mol. The van der Waals surface area contributed by atoms with Crippen molar-refractivity contribution in [3.63, 3.8) is 0 Å². The molecule has 0 amide bonds. The van der Waals surface area contributed by atoms with Crippen molar-refractivity contribution < 1.29 is 0 Å². The second kappa shape index (κ2) is 7.43. The zero-order valence-corrected chi connectivity index (χ0v) is 12.2. The first-order valence-corrected chi connectivity index (χ1v) is 7.05. The molecule has 0 spiro atoms. The van der Waals surface area contributed by atoms with Gasteiger partial charge in [-0.05, 0) is 31.0 Å². The Morgan fingerprint density at radius 1 is 0.950 bits per heavy atom. The summed E-state index contributed by atoms with van der Waals surface area (Å²) < 4.78 is 0. The summed E-state index contributed by atoms with van der Waals surface area (Å²) >= 11 is 0. The number of benzene rings is 2. The fourth-order valence-corrected chi connectivity index (χ4v) is 1.93. The van der Waals surface area contributed by atoms with Gasteiger partial charge in [0.05, 0.1) is 12.2 Å². The van der Waals surface area contributed by atoms with Crippen LogP contribution in [0.1, 0.15) is 24.5 Å². The molecule has 0 heterocycles. The van der Waals surface area contributed by atoms with E-state index in [1.165, 1.54) is 11.1 Å². The standard InChI is InChI=1S/C17H21N3/c1-3-13-20(14-16-7-5-4-6-8-16)19-18-17-11-9-15(2)10-12-17/h4-12H,3,13-14H2,1-2H3. The highest BCUT2D eigenvalue weighted by atomic mass is 15.5. The van der Waals surface area contributed by atoms with Crippen LogP contribution in [-0.2, 0) is 6.54 Å². The zero-order valence-electron chi connectivity index (χ0n) is 12.2. The summed E-state index contributed by atoms with van der Waals surface area (Å²) in [6, 6.07) is 18.4. The second-order valence-electron chi connectivity index (χ2n) is 4.90. The SMILES string of the molecule is CCCN(Cc1ccccc1)N=Nc1ccc(C)cc1. The van der Waals surface area contributed by atoms with Crippen LogP contribution in [0.25, 0.3) is 0 Å². The predicted octanol–water partition coefficient (Wildman–Crippen LogP) is 4.91. The fourth-order valence-electron chi connectivity index (χ4n) is 1.93. The summed E-state index contributed by atoms with van der Waals surface area (Å²) in [7, 11) is 0. The summed E-state index contributed by atoms with van der Waals surface area (Å²) in [5, 5.41) is 10.7. The molecule has 104 valence electrons. The van der Waals surface area contributed by atoms with Crippen molar-refractivity contribution in [1.82, 2.24) is 5.01 Å². The first-order valence-electron chi connectivity index (χ1n) is 7.05. The monoisotopic (exact) mass is 267 g/mol. The summed E-state index contributed by atoms with van der Waals surface area (Å²) in [4.78, 5) is 0. The Bertz CT molecular complexity index is 532. The highest BCUT2D eigenvalue weighted by molar-refractivity contribution is 5.37. The van der Waals surface area contributed by atoms with Crippen molar-refractivity contribution >= 4 is 5.69 Å². The van der Waals surface area contributed by atoms with Crippen molar-refractivity contribution in [2.24, 2.45) is 10.3 Å². The topological polar surface area (TPSA) is 28.0 Å². The molecule has 0 fully saturated rings. The Hall–Kier alpha value is -2.16. The Labute approximate surface area is 120 Å². The molecule has 0 bridgehead atoms. The van der Waals surface area contributed by atoms with E-state index in [4.69, 9.17) is 0 Å². The van der Waals surface area contributed by atoms with E-state index in [1.807, 2.05) is 23.2 Å². The molecule has 0 radical (unpaired) electrons. The molecule has 0 atom stereocenters. The van der Waals surface area contributed by atoms with E-state index in [-0.39, 0.29) is 0 Å². The van der Waals surface area contributed by atoms with E-state index in [0.29, 0.717) is 0 Å². The smallest absolute Gasteiger partial charge is 0.0874 e. The molecule has 0 aliphatic heterocycles. The van der Waals surface area contributed by atoms with Crippen LogP contribution in [0, 0.1) is 6.92 Å². The first kappa shape index (κ1) is 14.3. The summed E-state index contributed by atoms with van der Waals surface area (Å²) in [5.74, 6) is 0. The van der Waals surface area contributed by atoms with Gasteiger partial charge in [0.15, 0.2) is 0 Å². The van der Waals surface area contributed by atoms with Gasteiger partial charge in [0.25, 0.3) is 0 Å². The van der Waals surface area contributed by atoms with Crippen molar-refractivity contribution in [1.29, 1.82) is 0 Å². The Morgan fingerprint density at radius 2 is 1.65 bits per heavy atom. The molecule has 3 nitrogen and oxygen atoms in total. The van der Waals surface area contributed by atoms with Crippen molar-refractivity contribution in [2.75, 3.05) is 6.54 Å². The van der Waals surface area contributed by atoms with Gasteiger partial charge in [-0.25, -0.2) is 0 Å². The molecule has 0 saturated carbocycles. The maximum absolute atomic E-state index is 4.37. The number of aryl methyl sites for hydroxylation is 1. The summed E-state index contributed by atoms with van der Waals surface area (Å²) in [6.45, 7) is 5.92. The van der Waals surface area contributed by atoms with Gasteiger partial charge < -0.3 is 0 Å². The minimum Gasteiger partial charge on any atom is -0.274 e. The van der Waals surface area contributed by atoms with Crippen LogP contribution in [0.15, 0.2) is 64.9 Å². The molecule has 2 aromatic rings. The third-order valence-electron chi connectivity index (χ3n) is 3.01. The molecule has 0 saturated heterocycles. The van der Waals surface area contributed by atoms with Crippen LogP contribution in [0.5, 0.6) is 0 Å². The molecule has 0 aromatic heterocycles. The largest absolute Gasteiger partial charge is 0.274 e. The van der Waals surface area contributed by atoms with Crippen molar-refractivity contribution in [2.45, 2.75) is 26.8 Å². The lowest BCUT2D eigenvalue weighted by atomic mass is 10.2. The van der Waals surface area contributed by atoms with E-state index >= 15 is 0 Å². The number of hydrogen-bond acceptors (Lipinski definition) is 2. The Kier molecular flexibility index (Phi) is 5.30. The highest BCUT2D eigenvalue weighted by Crippen LogP contribution is 2.14. The minimum absolute atomic E-state index is 0.796. The van der Waals surface area contributed by atoms with Gasteiger partial charge in [0.1, 0.15) is 0 Å². The number of hydrogen-bond donors (Lipinski definition) is 0. The van der Waals surface area contributed by atoms with Gasteiger partial charge in [0.2, 0.25) is 0 Å². The van der Waals surface area contributed by atoms with Crippen LogP contribution in [0.3, 0.4) is 0 Å². The first-order chi connectivity index (χ1) is 9.78. The van der Waals surface area contributed by atoms with Crippen LogP contribution in [0.4, 0.5) is 5.69 Å². The van der Waals surface area contributed by atoms with E-state index in [0.717, 1.165) is 25.2 Å². The molecule has 0 N–H and O–H groups in total. The molecule has 0 aliphatic rings. The van der Waals surface area contributed by atoms with E-state index in [9.17, 15) is 0 Å². The third-order valence-corrected chi connectivity index (χ3v) is 3.01. The molecule has 3 heteroatoms. The quantitative estimate of drug-likeness (QED) is 0.540. The van der Waals surface area contributed by atoms with Gasteiger partial charge in [0, 0.05) is 6.54 Å². The normalized spacial score (nSPS) is 10.9. The minimum atomic E-state index is 0.796. The van der Waals surface area contributed by atoms with Gasteiger partial charge in [-0.15, -0.1) is 5.11 Å². The number of nitrogens with zero attached hydrogens (tertiary/aromatic N) is 3. The van der Waals surface area contributed by atoms with Gasteiger partial charge in [-0.2, -0.15) is 0 Å². The van der Waals surface area contributed by atoms with Crippen LogP contribution in [-0.4, -0.2) is 11.6 Å². The van der Waals surface area contributed by atoms with Crippen molar-refractivity contribution in [3.8, 4) is 0 Å². The third kappa shape index (κ3) is 4.50. The van der Waals surface area contributed by atoms with Crippen LogP contribution >= 0.6 is 0 Å². The molecule has 2 rings (SSSR count). The van der Waals surface area contributed by atoms with Crippen LogP contribution < -0.4 is 0 Å². The summed E-state index contributed by atoms with van der Waals surface area (Å²) in [6.07, 6.45) is 1.06. The van der Waals surface area contributed by atoms with E-state index < -0.39 is 0 Å². The Balaban J connectivity index is 2.03. The lowest BCUT2D eigenvalue weighted by molar-refractivity contribution is 0.262. The average Bonchev–Trinajstić information content (AvgIpc) is 2.48. The molecule has 20 heavy (non-hydrogen) atoms. The average molecular weight is 267 g/mol. The Morgan fingerprint density at radius 3 is 2.30 bits per heavy atom. The van der Waals surface area contributed by atoms with Gasteiger partial charge in [-0.1, -0.05) is 60.2 Å². The van der Waals surface area contributed by atoms with Gasteiger partial charge >= 0.3 is 0 Å². The number of rotatable bonds is 6. The lowest BCUT2D eigenvalue weighted by Crippen LogP contribution is -2.17. The van der Waals surface area contributed by atoms with Gasteiger partial charge in [-0.3, -0.25) is 5.01 Å². The van der Waals surface area contributed by atoms with Crippen molar-refractivity contribution in [3.05, 3.63) is 65.7 Å². The zero-order chi connectivity index (χ0) is 14.2. The molecule has 0 unspecified atom stereocenters. The molecule has 0 aliphatic carbocycles. The van der Waals surface area contributed by atoms with Crippen LogP contribution in [0.2, 0.25) is 0 Å². The van der Waals surface area contributed by atoms with E-state index in [2.05, 4.69) is 60.6 Å². The fraction of sp³-hybridized carbons (Fsp3) is 0.294. The lowest BCUT2D eigenvalue weighted by Gasteiger charge is -2.16. The second-order valence-corrected chi connectivity index (χ2v) is 4.90. The maximum Gasteiger partial charge on any atom is 0.0874 e. The maximum atomic E-state index is 4.37.